The highest BCUT2D eigenvalue weighted by atomic mass is 32.1. The molecule has 0 amide bonds. The Kier molecular flexibility index (Phi) is 6.16. The van der Waals surface area contributed by atoms with Gasteiger partial charge in [0, 0.05) is 52.8 Å². The maximum atomic E-state index is 6.39. The molecule has 11 aromatic rings. The number of thiophene rings is 1. The van der Waals surface area contributed by atoms with Crippen molar-refractivity contribution < 1.29 is 8.83 Å². The molecule has 0 saturated carbocycles. The molecule has 3 heterocycles. The zero-order valence-electron chi connectivity index (χ0n) is 27.4. The smallest absolute Gasteiger partial charge is 0.143 e. The molecule has 0 radical (unpaired) electrons. The molecule has 3 aromatic heterocycles. The fourth-order valence-electron chi connectivity index (χ4n) is 7.82. The van der Waals surface area contributed by atoms with Crippen LogP contribution in [0.15, 0.2) is 179 Å². The van der Waals surface area contributed by atoms with E-state index in [9.17, 15) is 0 Å². The quantitative estimate of drug-likeness (QED) is 0.187. The number of hydrogen-bond acceptors (Lipinski definition) is 3. The maximum Gasteiger partial charge on any atom is 0.143 e. The first-order valence-corrected chi connectivity index (χ1v) is 18.1. The van der Waals surface area contributed by atoms with Crippen LogP contribution in [-0.2, 0) is 0 Å². The van der Waals surface area contributed by atoms with E-state index in [0.717, 1.165) is 66.1 Å². The summed E-state index contributed by atoms with van der Waals surface area (Å²) < 4.78 is 15.4. The molecule has 0 aliphatic carbocycles. The summed E-state index contributed by atoms with van der Waals surface area (Å²) >= 11 is 1.85. The monoisotopic (exact) mass is 668 g/mol. The summed E-state index contributed by atoms with van der Waals surface area (Å²) in [5.74, 6) is 0. The van der Waals surface area contributed by atoms with Crippen LogP contribution < -0.4 is 0 Å². The normalized spacial score (nSPS) is 11.9. The lowest BCUT2D eigenvalue weighted by Gasteiger charge is -2.08. The molecule has 2 nitrogen and oxygen atoms in total. The molecule has 11 rings (SSSR count). The Labute approximate surface area is 297 Å². The van der Waals surface area contributed by atoms with Gasteiger partial charge in [-0.15, -0.1) is 11.3 Å². The number of para-hydroxylation sites is 4. The summed E-state index contributed by atoms with van der Waals surface area (Å²) in [5, 5.41) is 7.15. The van der Waals surface area contributed by atoms with E-state index in [1.54, 1.807) is 0 Å². The van der Waals surface area contributed by atoms with Gasteiger partial charge in [-0.05, 0) is 81.9 Å². The van der Waals surface area contributed by atoms with E-state index in [0.29, 0.717) is 0 Å². The van der Waals surface area contributed by atoms with Crippen molar-refractivity contribution in [2.75, 3.05) is 0 Å². The molecular weight excluding hydrogens is 641 g/mol. The third-order valence-corrected chi connectivity index (χ3v) is 11.4. The van der Waals surface area contributed by atoms with E-state index >= 15 is 0 Å². The number of hydrogen-bond donors (Lipinski definition) is 0. The summed E-state index contributed by atoms with van der Waals surface area (Å²) in [6.45, 7) is 0. The lowest BCUT2D eigenvalue weighted by Crippen LogP contribution is -1.83. The van der Waals surface area contributed by atoms with Crippen LogP contribution in [0.1, 0.15) is 0 Å². The Morgan fingerprint density at radius 2 is 0.706 bits per heavy atom. The van der Waals surface area contributed by atoms with Crippen LogP contribution in [0, 0.1) is 0 Å². The molecule has 0 atom stereocenters. The van der Waals surface area contributed by atoms with Gasteiger partial charge in [0.1, 0.15) is 22.3 Å². The van der Waals surface area contributed by atoms with Crippen LogP contribution >= 0.6 is 11.3 Å². The molecule has 0 fully saturated rings. The highest BCUT2D eigenvalue weighted by Crippen LogP contribution is 2.42. The topological polar surface area (TPSA) is 26.3 Å². The van der Waals surface area contributed by atoms with Crippen molar-refractivity contribution in [3.8, 4) is 44.5 Å². The number of furan rings is 2. The Morgan fingerprint density at radius 3 is 1.22 bits per heavy atom. The van der Waals surface area contributed by atoms with Crippen molar-refractivity contribution in [1.82, 2.24) is 0 Å². The molecular formula is C48H28O2S. The van der Waals surface area contributed by atoms with Gasteiger partial charge < -0.3 is 8.83 Å². The van der Waals surface area contributed by atoms with Crippen LogP contribution in [0.5, 0.6) is 0 Å². The fourth-order valence-corrected chi connectivity index (χ4v) is 8.88. The van der Waals surface area contributed by atoms with E-state index in [4.69, 9.17) is 8.83 Å². The van der Waals surface area contributed by atoms with Crippen molar-refractivity contribution >= 4 is 75.4 Å². The van der Waals surface area contributed by atoms with E-state index in [1.807, 2.05) is 35.6 Å². The fraction of sp³-hybridized carbons (Fsp3) is 0. The summed E-state index contributed by atoms with van der Waals surface area (Å²) in [6, 6.07) is 60.8. The van der Waals surface area contributed by atoms with Crippen molar-refractivity contribution in [2.45, 2.75) is 0 Å². The number of fused-ring (bicyclic) bond motifs is 9. The molecule has 0 N–H and O–H groups in total. The van der Waals surface area contributed by atoms with E-state index < -0.39 is 0 Å². The molecule has 0 aliphatic heterocycles. The van der Waals surface area contributed by atoms with Gasteiger partial charge in [0.05, 0.1) is 0 Å². The van der Waals surface area contributed by atoms with Gasteiger partial charge in [-0.1, -0.05) is 121 Å². The summed E-state index contributed by atoms with van der Waals surface area (Å²) in [7, 11) is 0. The van der Waals surface area contributed by atoms with Gasteiger partial charge in [-0.25, -0.2) is 0 Å². The minimum Gasteiger partial charge on any atom is -0.455 e. The largest absolute Gasteiger partial charge is 0.455 e. The Hall–Kier alpha value is -6.42. The van der Waals surface area contributed by atoms with Crippen LogP contribution in [-0.4, -0.2) is 0 Å². The first-order valence-electron chi connectivity index (χ1n) is 17.2. The predicted octanol–water partition coefficient (Wildman–Crippen LogP) is 14.5. The molecule has 0 spiro atoms. The zero-order chi connectivity index (χ0) is 33.5. The second-order valence-corrected chi connectivity index (χ2v) is 14.3. The SMILES string of the molecule is c1cc(-c2ccc3sc4ccc(-c5cccc(-c6cccc7c6oc6ccccc67)c5)cc4c3c2)cc(-c2cccc3c2oc2ccccc23)c1. The van der Waals surface area contributed by atoms with Gasteiger partial charge in [0.25, 0.3) is 0 Å². The summed E-state index contributed by atoms with van der Waals surface area (Å²) in [5.41, 5.74) is 13.0. The third kappa shape index (κ3) is 4.49. The van der Waals surface area contributed by atoms with Crippen molar-refractivity contribution in [3.63, 3.8) is 0 Å². The highest BCUT2D eigenvalue weighted by Gasteiger charge is 2.15. The second-order valence-electron chi connectivity index (χ2n) is 13.2. The van der Waals surface area contributed by atoms with Crippen LogP contribution in [0.25, 0.3) is 109 Å². The molecule has 238 valence electrons. The molecule has 3 heteroatoms. The predicted molar refractivity (Wildman–Crippen MR) is 216 cm³/mol. The van der Waals surface area contributed by atoms with Crippen LogP contribution in [0.2, 0.25) is 0 Å². The summed E-state index contributed by atoms with van der Waals surface area (Å²) in [6.07, 6.45) is 0. The Morgan fingerprint density at radius 1 is 0.294 bits per heavy atom. The average Bonchev–Trinajstić information content (AvgIpc) is 3.89. The van der Waals surface area contributed by atoms with Crippen molar-refractivity contribution in [2.24, 2.45) is 0 Å². The first-order chi connectivity index (χ1) is 25.2. The maximum absolute atomic E-state index is 6.39. The van der Waals surface area contributed by atoms with Gasteiger partial charge in [-0.3, -0.25) is 0 Å². The third-order valence-electron chi connectivity index (χ3n) is 10.3. The lowest BCUT2D eigenvalue weighted by atomic mass is 9.95. The summed E-state index contributed by atoms with van der Waals surface area (Å²) in [4.78, 5) is 0. The Balaban J connectivity index is 0.994. The number of rotatable bonds is 4. The minimum absolute atomic E-state index is 0.917. The van der Waals surface area contributed by atoms with Crippen LogP contribution in [0.3, 0.4) is 0 Å². The Bertz CT molecular complexity index is 2940. The standard InChI is InChI=1S/C48H28O2S/c1-3-19-43-37(13-1)39-17-7-15-35(47(39)49-43)33-11-5-9-29(25-33)31-21-23-45-41(27-31)42-28-32(22-24-46(42)51-45)30-10-6-12-34(26-30)36-16-8-18-40-38-14-2-4-20-44(38)50-48(36)40/h1-28H. The molecule has 51 heavy (non-hydrogen) atoms. The molecule has 8 aromatic carbocycles. The van der Waals surface area contributed by atoms with Gasteiger partial charge >= 0.3 is 0 Å². The van der Waals surface area contributed by atoms with Gasteiger partial charge in [0.2, 0.25) is 0 Å². The lowest BCUT2D eigenvalue weighted by molar-refractivity contribution is 0.669. The molecule has 0 saturated heterocycles. The first kappa shape index (κ1) is 28.4. The van der Waals surface area contributed by atoms with Crippen molar-refractivity contribution in [3.05, 3.63) is 170 Å². The van der Waals surface area contributed by atoms with Crippen LogP contribution in [0.4, 0.5) is 0 Å². The molecule has 0 bridgehead atoms. The zero-order valence-corrected chi connectivity index (χ0v) is 28.2. The van der Waals surface area contributed by atoms with E-state index in [1.165, 1.54) is 42.4 Å². The molecule has 0 aliphatic rings. The van der Waals surface area contributed by atoms with Gasteiger partial charge in [0.15, 0.2) is 0 Å². The average molecular weight is 669 g/mol. The minimum atomic E-state index is 0.917. The van der Waals surface area contributed by atoms with E-state index in [2.05, 4.69) is 146 Å². The van der Waals surface area contributed by atoms with E-state index in [-0.39, 0.29) is 0 Å². The van der Waals surface area contributed by atoms with Gasteiger partial charge in [-0.2, -0.15) is 0 Å². The van der Waals surface area contributed by atoms with Crippen molar-refractivity contribution in [1.29, 1.82) is 0 Å². The highest BCUT2D eigenvalue weighted by molar-refractivity contribution is 7.25. The number of benzene rings is 8. The second kappa shape index (κ2) is 11.0. The molecule has 0 unspecified atom stereocenters.